The van der Waals surface area contributed by atoms with Crippen molar-refractivity contribution in [2.45, 2.75) is 45.5 Å². The van der Waals surface area contributed by atoms with Crippen molar-refractivity contribution in [1.29, 1.82) is 0 Å². The van der Waals surface area contributed by atoms with Gasteiger partial charge in [-0.3, -0.25) is 4.90 Å². The lowest BCUT2D eigenvalue weighted by Gasteiger charge is -2.41. The zero-order valence-electron chi connectivity index (χ0n) is 11.8. The first-order valence-electron chi connectivity index (χ1n) is 7.40. The topological polar surface area (TPSA) is 30.9 Å². The predicted molar refractivity (Wildman–Crippen MR) is 70.6 cm³/mol. The molecule has 4 nitrogen and oxygen atoms in total. The molecule has 2 saturated heterocycles. The molecule has 4 heteroatoms. The summed E-state index contributed by atoms with van der Waals surface area (Å²) in [5.41, 5.74) is 0. The lowest BCUT2D eigenvalue weighted by Crippen LogP contribution is -2.49. The standard InChI is InChI=1S/C14H27NO3/c1-3-16-14(17-4-2)11-15-8-7-13-12(10-15)6-5-9-18-13/h12-14H,3-11H2,1-2H3/t12-,13+/m1/s1. The molecule has 2 aliphatic heterocycles. The van der Waals surface area contributed by atoms with E-state index in [-0.39, 0.29) is 6.29 Å². The molecule has 0 spiro atoms. The second-order valence-electron chi connectivity index (χ2n) is 5.20. The molecule has 2 atom stereocenters. The fourth-order valence-electron chi connectivity index (χ4n) is 3.06. The minimum absolute atomic E-state index is 0.0685. The summed E-state index contributed by atoms with van der Waals surface area (Å²) in [5, 5.41) is 0. The third-order valence-electron chi connectivity index (χ3n) is 3.91. The molecule has 0 aliphatic carbocycles. The van der Waals surface area contributed by atoms with Crippen LogP contribution in [0.4, 0.5) is 0 Å². The van der Waals surface area contributed by atoms with Gasteiger partial charge in [0.05, 0.1) is 6.10 Å². The molecule has 2 heterocycles. The summed E-state index contributed by atoms with van der Waals surface area (Å²) in [4.78, 5) is 2.48. The molecule has 0 aromatic carbocycles. The van der Waals surface area contributed by atoms with Crippen molar-refractivity contribution in [3.8, 4) is 0 Å². The molecule has 106 valence electrons. The van der Waals surface area contributed by atoms with Gasteiger partial charge in [0.25, 0.3) is 0 Å². The first-order chi connectivity index (χ1) is 8.83. The van der Waals surface area contributed by atoms with Crippen LogP contribution in [0.15, 0.2) is 0 Å². The number of nitrogens with zero attached hydrogens (tertiary/aromatic N) is 1. The van der Waals surface area contributed by atoms with Gasteiger partial charge in [0.15, 0.2) is 6.29 Å². The minimum atomic E-state index is -0.0685. The highest BCUT2D eigenvalue weighted by atomic mass is 16.7. The molecule has 0 unspecified atom stereocenters. The highest BCUT2D eigenvalue weighted by molar-refractivity contribution is 4.83. The summed E-state index contributed by atoms with van der Waals surface area (Å²) in [7, 11) is 0. The molecular weight excluding hydrogens is 230 g/mol. The monoisotopic (exact) mass is 257 g/mol. The van der Waals surface area contributed by atoms with Gasteiger partial charge in [-0.1, -0.05) is 0 Å². The van der Waals surface area contributed by atoms with E-state index in [9.17, 15) is 0 Å². The van der Waals surface area contributed by atoms with Gasteiger partial charge in [-0.2, -0.15) is 0 Å². The van der Waals surface area contributed by atoms with E-state index in [1.54, 1.807) is 0 Å². The molecular formula is C14H27NO3. The van der Waals surface area contributed by atoms with Gasteiger partial charge in [-0.15, -0.1) is 0 Å². The summed E-state index contributed by atoms with van der Waals surface area (Å²) in [6.45, 7) is 9.58. The Hall–Kier alpha value is -0.160. The Morgan fingerprint density at radius 3 is 2.72 bits per heavy atom. The summed E-state index contributed by atoms with van der Waals surface area (Å²) in [6.07, 6.45) is 4.13. The summed E-state index contributed by atoms with van der Waals surface area (Å²) in [5.74, 6) is 0.719. The first kappa shape index (κ1) is 14.3. The maximum atomic E-state index is 5.84. The Balaban J connectivity index is 1.78. The van der Waals surface area contributed by atoms with E-state index in [1.165, 1.54) is 12.8 Å². The highest BCUT2D eigenvalue weighted by Gasteiger charge is 2.32. The van der Waals surface area contributed by atoms with E-state index in [4.69, 9.17) is 14.2 Å². The normalized spacial score (nSPS) is 29.5. The van der Waals surface area contributed by atoms with Crippen LogP contribution >= 0.6 is 0 Å². The molecule has 0 amide bonds. The second-order valence-corrected chi connectivity index (χ2v) is 5.20. The maximum absolute atomic E-state index is 5.84. The van der Waals surface area contributed by atoms with Crippen LogP contribution < -0.4 is 0 Å². The SMILES string of the molecule is CCOC(CN1CC[C@@H]2OCCC[C@@H]2C1)OCC. The van der Waals surface area contributed by atoms with E-state index in [1.807, 2.05) is 13.8 Å². The van der Waals surface area contributed by atoms with Gasteiger partial charge in [0, 0.05) is 39.5 Å². The fourth-order valence-corrected chi connectivity index (χ4v) is 3.06. The molecule has 2 aliphatic rings. The van der Waals surface area contributed by atoms with Crippen molar-refractivity contribution in [3.05, 3.63) is 0 Å². The predicted octanol–water partition coefficient (Wildman–Crippen LogP) is 1.89. The Kier molecular flexibility index (Phi) is 5.89. The third-order valence-corrected chi connectivity index (χ3v) is 3.91. The smallest absolute Gasteiger partial charge is 0.170 e. The van der Waals surface area contributed by atoms with E-state index >= 15 is 0 Å². The van der Waals surface area contributed by atoms with Gasteiger partial charge in [0.1, 0.15) is 0 Å². The van der Waals surface area contributed by atoms with Crippen molar-refractivity contribution in [2.24, 2.45) is 5.92 Å². The van der Waals surface area contributed by atoms with Crippen LogP contribution in [0.2, 0.25) is 0 Å². The van der Waals surface area contributed by atoms with E-state index in [2.05, 4.69) is 4.90 Å². The van der Waals surface area contributed by atoms with Gasteiger partial charge >= 0.3 is 0 Å². The number of ether oxygens (including phenoxy) is 3. The Labute approximate surface area is 111 Å². The Morgan fingerprint density at radius 1 is 1.22 bits per heavy atom. The van der Waals surface area contributed by atoms with Crippen molar-refractivity contribution in [1.82, 2.24) is 4.90 Å². The summed E-state index contributed by atoms with van der Waals surface area (Å²) in [6, 6.07) is 0. The number of piperidine rings is 1. The molecule has 0 N–H and O–H groups in total. The van der Waals surface area contributed by atoms with E-state index in [0.717, 1.165) is 38.6 Å². The molecule has 0 aromatic heterocycles. The van der Waals surface area contributed by atoms with Crippen molar-refractivity contribution in [3.63, 3.8) is 0 Å². The summed E-state index contributed by atoms with van der Waals surface area (Å²) >= 11 is 0. The van der Waals surface area contributed by atoms with E-state index < -0.39 is 0 Å². The van der Waals surface area contributed by atoms with Crippen LogP contribution in [0, 0.1) is 5.92 Å². The average Bonchev–Trinajstić information content (AvgIpc) is 2.39. The number of hydrogen-bond donors (Lipinski definition) is 0. The first-order valence-corrected chi connectivity index (χ1v) is 7.40. The molecule has 0 radical (unpaired) electrons. The molecule has 2 fully saturated rings. The lowest BCUT2D eigenvalue weighted by atomic mass is 9.88. The third kappa shape index (κ3) is 3.92. The number of fused-ring (bicyclic) bond motifs is 1. The quantitative estimate of drug-likeness (QED) is 0.680. The van der Waals surface area contributed by atoms with Crippen LogP contribution in [-0.2, 0) is 14.2 Å². The fraction of sp³-hybridized carbons (Fsp3) is 1.00. The number of rotatable bonds is 6. The van der Waals surface area contributed by atoms with Crippen LogP contribution in [-0.4, -0.2) is 56.7 Å². The van der Waals surface area contributed by atoms with Crippen molar-refractivity contribution < 1.29 is 14.2 Å². The van der Waals surface area contributed by atoms with Crippen LogP contribution in [0.3, 0.4) is 0 Å². The molecule has 18 heavy (non-hydrogen) atoms. The van der Waals surface area contributed by atoms with Crippen LogP contribution in [0.1, 0.15) is 33.1 Å². The van der Waals surface area contributed by atoms with Crippen molar-refractivity contribution in [2.75, 3.05) is 39.5 Å². The van der Waals surface area contributed by atoms with E-state index in [0.29, 0.717) is 19.3 Å². The van der Waals surface area contributed by atoms with Crippen molar-refractivity contribution >= 4 is 0 Å². The van der Waals surface area contributed by atoms with Gasteiger partial charge in [0.2, 0.25) is 0 Å². The lowest BCUT2D eigenvalue weighted by molar-refractivity contribution is -0.156. The number of hydrogen-bond acceptors (Lipinski definition) is 4. The molecule has 0 aromatic rings. The van der Waals surface area contributed by atoms with Crippen LogP contribution in [0.5, 0.6) is 0 Å². The van der Waals surface area contributed by atoms with Gasteiger partial charge in [-0.05, 0) is 39.0 Å². The average molecular weight is 257 g/mol. The zero-order valence-corrected chi connectivity index (χ0v) is 11.8. The minimum Gasteiger partial charge on any atom is -0.378 e. The largest absolute Gasteiger partial charge is 0.378 e. The Bertz CT molecular complexity index is 231. The molecule has 0 bridgehead atoms. The molecule has 0 saturated carbocycles. The van der Waals surface area contributed by atoms with Crippen LogP contribution in [0.25, 0.3) is 0 Å². The number of likely N-dealkylation sites (tertiary alicyclic amines) is 1. The zero-order chi connectivity index (χ0) is 12.8. The summed E-state index contributed by atoms with van der Waals surface area (Å²) < 4.78 is 17.1. The Morgan fingerprint density at radius 2 is 2.00 bits per heavy atom. The molecule has 2 rings (SSSR count). The van der Waals surface area contributed by atoms with Gasteiger partial charge in [-0.25, -0.2) is 0 Å². The highest BCUT2D eigenvalue weighted by Crippen LogP contribution is 2.28. The maximum Gasteiger partial charge on any atom is 0.170 e. The second kappa shape index (κ2) is 7.43. The van der Waals surface area contributed by atoms with Gasteiger partial charge < -0.3 is 14.2 Å².